The van der Waals surface area contributed by atoms with E-state index in [0.717, 1.165) is 11.6 Å². The highest BCUT2D eigenvalue weighted by Crippen LogP contribution is 2.31. The van der Waals surface area contributed by atoms with Crippen LogP contribution >= 0.6 is 11.3 Å². The van der Waals surface area contributed by atoms with E-state index in [1.807, 2.05) is 6.20 Å². The number of nitrogens with one attached hydrogen (secondary N) is 1. The first-order valence-corrected chi connectivity index (χ1v) is 6.87. The molecule has 17 heavy (non-hydrogen) atoms. The summed E-state index contributed by atoms with van der Waals surface area (Å²) in [5.41, 5.74) is 2.99. The lowest BCUT2D eigenvalue weighted by Gasteiger charge is -2.12. The van der Waals surface area contributed by atoms with E-state index in [9.17, 15) is 0 Å². The van der Waals surface area contributed by atoms with E-state index in [4.69, 9.17) is 0 Å². The van der Waals surface area contributed by atoms with Crippen molar-refractivity contribution in [2.75, 3.05) is 0 Å². The number of thiazole rings is 1. The zero-order valence-corrected chi connectivity index (χ0v) is 10.8. The van der Waals surface area contributed by atoms with Gasteiger partial charge in [0.2, 0.25) is 0 Å². The fourth-order valence-corrected chi connectivity index (χ4v) is 3.23. The molecule has 0 saturated heterocycles. The van der Waals surface area contributed by atoms with Crippen LogP contribution in [0.4, 0.5) is 0 Å². The monoisotopic (exact) mass is 244 g/mol. The van der Waals surface area contributed by atoms with E-state index < -0.39 is 0 Å². The van der Waals surface area contributed by atoms with Crippen LogP contribution in [0.15, 0.2) is 30.5 Å². The van der Waals surface area contributed by atoms with Crippen LogP contribution in [-0.4, -0.2) is 4.98 Å². The molecule has 0 saturated carbocycles. The molecule has 0 bridgehead atoms. The van der Waals surface area contributed by atoms with Crippen molar-refractivity contribution in [3.8, 4) is 0 Å². The van der Waals surface area contributed by atoms with Crippen LogP contribution in [0.25, 0.3) is 0 Å². The Morgan fingerprint density at radius 3 is 3.12 bits per heavy atom. The van der Waals surface area contributed by atoms with E-state index in [2.05, 4.69) is 41.5 Å². The maximum Gasteiger partial charge on any atom is 0.0897 e. The summed E-state index contributed by atoms with van der Waals surface area (Å²) in [7, 11) is 0. The maximum absolute atomic E-state index is 4.28. The van der Waals surface area contributed by atoms with Crippen LogP contribution in [0.1, 0.15) is 33.5 Å². The molecule has 3 rings (SSSR count). The molecule has 0 spiro atoms. The first kappa shape index (κ1) is 10.9. The number of rotatable bonds is 3. The van der Waals surface area contributed by atoms with Crippen LogP contribution in [0.5, 0.6) is 0 Å². The fraction of sp³-hybridized carbons (Fsp3) is 0.357. The van der Waals surface area contributed by atoms with Gasteiger partial charge < -0.3 is 5.32 Å². The molecule has 1 unspecified atom stereocenters. The molecule has 0 aliphatic heterocycles. The van der Waals surface area contributed by atoms with Gasteiger partial charge in [0.15, 0.2) is 0 Å². The first-order chi connectivity index (χ1) is 8.33. The molecule has 1 aromatic carbocycles. The molecule has 88 valence electrons. The maximum atomic E-state index is 4.28. The topological polar surface area (TPSA) is 24.9 Å². The van der Waals surface area contributed by atoms with Gasteiger partial charge in [-0.3, -0.25) is 0 Å². The Hall–Kier alpha value is -1.19. The first-order valence-electron chi connectivity index (χ1n) is 6.05. The van der Waals surface area contributed by atoms with Crippen molar-refractivity contribution in [3.63, 3.8) is 0 Å². The molecule has 0 amide bonds. The van der Waals surface area contributed by atoms with Gasteiger partial charge in [-0.25, -0.2) is 4.98 Å². The van der Waals surface area contributed by atoms with Crippen molar-refractivity contribution in [2.45, 2.75) is 32.4 Å². The summed E-state index contributed by atoms with van der Waals surface area (Å²) in [6.45, 7) is 2.99. The number of nitrogens with zero attached hydrogens (tertiary/aromatic N) is 1. The molecule has 0 fully saturated rings. The van der Waals surface area contributed by atoms with E-state index in [1.165, 1.54) is 28.8 Å². The standard InChI is InChI=1S/C14H16N2S/c1-10-15-8-12(17-10)9-16-14-7-6-11-4-2-3-5-13(11)14/h2-5,8,14,16H,6-7,9H2,1H3. The zero-order chi connectivity index (χ0) is 11.7. The highest BCUT2D eigenvalue weighted by atomic mass is 32.1. The third kappa shape index (κ3) is 2.26. The van der Waals surface area contributed by atoms with Gasteiger partial charge in [-0.05, 0) is 30.9 Å². The average Bonchev–Trinajstić information content (AvgIpc) is 2.93. The molecule has 2 aromatic rings. The molecule has 1 aliphatic rings. The zero-order valence-electron chi connectivity index (χ0n) is 9.94. The van der Waals surface area contributed by atoms with E-state index >= 15 is 0 Å². The molecule has 0 radical (unpaired) electrons. The van der Waals surface area contributed by atoms with Gasteiger partial charge in [-0.15, -0.1) is 11.3 Å². The van der Waals surface area contributed by atoms with Crippen molar-refractivity contribution in [1.29, 1.82) is 0 Å². The normalized spacial score (nSPS) is 18.3. The summed E-state index contributed by atoms with van der Waals surface area (Å²) in [6.07, 6.45) is 4.40. The SMILES string of the molecule is Cc1ncc(CNC2CCc3ccccc32)s1. The number of aryl methyl sites for hydroxylation is 2. The summed E-state index contributed by atoms with van der Waals surface area (Å²) < 4.78 is 0. The highest BCUT2D eigenvalue weighted by Gasteiger charge is 2.21. The second kappa shape index (κ2) is 4.59. The summed E-state index contributed by atoms with van der Waals surface area (Å²) in [4.78, 5) is 5.61. The molecule has 1 aromatic heterocycles. The largest absolute Gasteiger partial charge is 0.305 e. The van der Waals surface area contributed by atoms with Gasteiger partial charge in [0, 0.05) is 23.7 Å². The molecule has 1 N–H and O–H groups in total. The van der Waals surface area contributed by atoms with Crippen molar-refractivity contribution in [3.05, 3.63) is 51.5 Å². The second-order valence-corrected chi connectivity index (χ2v) is 5.84. The Labute approximate surface area is 106 Å². The summed E-state index contributed by atoms with van der Waals surface area (Å²) in [6, 6.07) is 9.28. The third-order valence-electron chi connectivity index (χ3n) is 3.32. The lowest BCUT2D eigenvalue weighted by molar-refractivity contribution is 0.533. The van der Waals surface area contributed by atoms with E-state index in [-0.39, 0.29) is 0 Å². The van der Waals surface area contributed by atoms with Crippen molar-refractivity contribution in [2.24, 2.45) is 0 Å². The average molecular weight is 244 g/mol. The number of hydrogen-bond donors (Lipinski definition) is 1. The molecule has 3 heteroatoms. The quantitative estimate of drug-likeness (QED) is 0.896. The van der Waals surface area contributed by atoms with Gasteiger partial charge in [0.25, 0.3) is 0 Å². The van der Waals surface area contributed by atoms with Crippen molar-refractivity contribution in [1.82, 2.24) is 10.3 Å². The second-order valence-electron chi connectivity index (χ2n) is 4.52. The van der Waals surface area contributed by atoms with Gasteiger partial charge in [0.05, 0.1) is 5.01 Å². The van der Waals surface area contributed by atoms with Crippen LogP contribution in [0.2, 0.25) is 0 Å². The smallest absolute Gasteiger partial charge is 0.0897 e. The Morgan fingerprint density at radius 2 is 2.29 bits per heavy atom. The highest BCUT2D eigenvalue weighted by molar-refractivity contribution is 7.11. The minimum absolute atomic E-state index is 0.522. The Balaban J connectivity index is 1.68. The van der Waals surface area contributed by atoms with Gasteiger partial charge in [-0.1, -0.05) is 24.3 Å². The minimum Gasteiger partial charge on any atom is -0.305 e. The number of fused-ring (bicyclic) bond motifs is 1. The Kier molecular flexibility index (Phi) is 2.95. The molecule has 1 aliphatic carbocycles. The molecular formula is C14H16N2S. The lowest BCUT2D eigenvalue weighted by atomic mass is 10.1. The number of hydrogen-bond acceptors (Lipinski definition) is 3. The summed E-state index contributed by atoms with van der Waals surface area (Å²) in [5.74, 6) is 0. The Bertz CT molecular complexity index is 518. The van der Waals surface area contributed by atoms with Crippen LogP contribution in [0.3, 0.4) is 0 Å². The predicted octanol–water partition coefficient (Wildman–Crippen LogP) is 3.23. The van der Waals surface area contributed by atoms with Gasteiger partial charge in [-0.2, -0.15) is 0 Å². The minimum atomic E-state index is 0.522. The fourth-order valence-electron chi connectivity index (χ4n) is 2.48. The van der Waals surface area contributed by atoms with Crippen LogP contribution < -0.4 is 5.32 Å². The van der Waals surface area contributed by atoms with Gasteiger partial charge >= 0.3 is 0 Å². The van der Waals surface area contributed by atoms with Crippen molar-refractivity contribution < 1.29 is 0 Å². The lowest BCUT2D eigenvalue weighted by Crippen LogP contribution is -2.17. The van der Waals surface area contributed by atoms with Crippen LogP contribution in [-0.2, 0) is 13.0 Å². The van der Waals surface area contributed by atoms with Crippen molar-refractivity contribution >= 4 is 11.3 Å². The number of aromatic nitrogens is 1. The number of benzene rings is 1. The van der Waals surface area contributed by atoms with E-state index in [0.29, 0.717) is 6.04 Å². The predicted molar refractivity (Wildman–Crippen MR) is 71.2 cm³/mol. The summed E-state index contributed by atoms with van der Waals surface area (Å²) in [5, 5.41) is 4.78. The molecule has 2 nitrogen and oxygen atoms in total. The van der Waals surface area contributed by atoms with Crippen LogP contribution in [0, 0.1) is 6.92 Å². The Morgan fingerprint density at radius 1 is 1.41 bits per heavy atom. The third-order valence-corrected chi connectivity index (χ3v) is 4.24. The molecule has 1 atom stereocenters. The molecule has 1 heterocycles. The molecular weight excluding hydrogens is 228 g/mol. The van der Waals surface area contributed by atoms with E-state index in [1.54, 1.807) is 11.3 Å². The summed E-state index contributed by atoms with van der Waals surface area (Å²) >= 11 is 1.78. The van der Waals surface area contributed by atoms with Gasteiger partial charge in [0.1, 0.15) is 0 Å².